The van der Waals surface area contributed by atoms with E-state index in [2.05, 4.69) is 26.3 Å². The van der Waals surface area contributed by atoms with Crippen LogP contribution in [0.1, 0.15) is 10.5 Å². The Morgan fingerprint density at radius 2 is 2.00 bits per heavy atom. The summed E-state index contributed by atoms with van der Waals surface area (Å²) < 4.78 is 2.22. The Morgan fingerprint density at radius 1 is 1.27 bits per heavy atom. The van der Waals surface area contributed by atoms with Crippen molar-refractivity contribution in [1.82, 2.24) is 9.66 Å². The highest BCUT2D eigenvalue weighted by Gasteiger charge is 2.06. The Morgan fingerprint density at radius 3 is 2.67 bits per heavy atom. The van der Waals surface area contributed by atoms with Crippen LogP contribution in [0.2, 0.25) is 0 Å². The van der Waals surface area contributed by atoms with E-state index in [0.717, 1.165) is 0 Å². The molecule has 0 bridgehead atoms. The lowest BCUT2D eigenvalue weighted by molar-refractivity contribution is 0.100. The summed E-state index contributed by atoms with van der Waals surface area (Å²) in [6.45, 7) is 0. The highest BCUT2D eigenvalue weighted by Crippen LogP contribution is 2.06. The summed E-state index contributed by atoms with van der Waals surface area (Å²) >= 11 is 3.21. The van der Waals surface area contributed by atoms with Gasteiger partial charge in [-0.15, -0.1) is 0 Å². The van der Waals surface area contributed by atoms with Crippen LogP contribution in [0.3, 0.4) is 0 Å². The number of amides is 1. The monoisotopic (exact) mass is 265 g/mol. The van der Waals surface area contributed by atoms with Crippen LogP contribution in [0.15, 0.2) is 47.3 Å². The molecule has 0 aromatic carbocycles. The van der Waals surface area contributed by atoms with Gasteiger partial charge in [0.15, 0.2) is 0 Å². The first-order valence-electron chi connectivity index (χ1n) is 4.32. The number of aromatic nitrogens is 2. The number of nitrogens with one attached hydrogen (secondary N) is 1. The van der Waals surface area contributed by atoms with E-state index >= 15 is 0 Å². The molecule has 1 N–H and O–H groups in total. The largest absolute Gasteiger partial charge is 0.288 e. The fourth-order valence-electron chi connectivity index (χ4n) is 1.12. The molecule has 0 aliphatic carbocycles. The fourth-order valence-corrected chi connectivity index (χ4v) is 1.46. The summed E-state index contributed by atoms with van der Waals surface area (Å²) in [6.07, 6.45) is 3.49. The van der Waals surface area contributed by atoms with E-state index in [0.29, 0.717) is 10.3 Å². The number of carbonyl (C=O) groups is 1. The van der Waals surface area contributed by atoms with Gasteiger partial charge < -0.3 is 0 Å². The zero-order chi connectivity index (χ0) is 10.7. The standard InChI is InChI=1S/C10H8BrN3O/c11-9-5-3-4-8(12-9)10(15)13-14-6-1-2-7-14/h1-7H,(H,13,15). The second-order valence-electron chi connectivity index (χ2n) is 2.88. The van der Waals surface area contributed by atoms with Gasteiger partial charge in [0.2, 0.25) is 0 Å². The van der Waals surface area contributed by atoms with Crippen LogP contribution in [0, 0.1) is 0 Å². The minimum absolute atomic E-state index is 0.243. The molecule has 0 unspecified atom stereocenters. The smallest absolute Gasteiger partial charge is 0.268 e. The van der Waals surface area contributed by atoms with Gasteiger partial charge in [0, 0.05) is 12.4 Å². The molecule has 0 atom stereocenters. The second-order valence-corrected chi connectivity index (χ2v) is 3.69. The van der Waals surface area contributed by atoms with Crippen molar-refractivity contribution in [3.63, 3.8) is 0 Å². The molecule has 4 nitrogen and oxygen atoms in total. The molecule has 2 aromatic heterocycles. The molecule has 0 radical (unpaired) electrons. The van der Waals surface area contributed by atoms with Crippen LogP contribution in [0.4, 0.5) is 0 Å². The molecule has 0 saturated heterocycles. The Kier molecular flexibility index (Phi) is 2.82. The van der Waals surface area contributed by atoms with Gasteiger partial charge in [-0.05, 0) is 40.2 Å². The summed E-state index contributed by atoms with van der Waals surface area (Å²) in [5, 5.41) is 0. The Bertz CT molecular complexity index is 467. The Hall–Kier alpha value is -1.62. The predicted octanol–water partition coefficient (Wildman–Crippen LogP) is 2.03. The SMILES string of the molecule is O=C(Nn1cccc1)c1cccc(Br)n1. The molecule has 2 heterocycles. The van der Waals surface area contributed by atoms with E-state index in [4.69, 9.17) is 0 Å². The summed E-state index contributed by atoms with van der Waals surface area (Å²) in [6, 6.07) is 8.85. The Balaban J connectivity index is 2.15. The van der Waals surface area contributed by atoms with E-state index in [1.807, 2.05) is 12.1 Å². The lowest BCUT2D eigenvalue weighted by Gasteiger charge is -2.05. The molecule has 1 amide bonds. The number of nitrogens with zero attached hydrogens (tertiary/aromatic N) is 2. The van der Waals surface area contributed by atoms with Crippen LogP contribution in [0.5, 0.6) is 0 Å². The maximum absolute atomic E-state index is 11.6. The van der Waals surface area contributed by atoms with Gasteiger partial charge in [-0.25, -0.2) is 4.98 Å². The van der Waals surface area contributed by atoms with Gasteiger partial charge >= 0.3 is 0 Å². The predicted molar refractivity (Wildman–Crippen MR) is 60.1 cm³/mol. The van der Waals surface area contributed by atoms with E-state index in [9.17, 15) is 4.79 Å². The molecule has 2 aromatic rings. The van der Waals surface area contributed by atoms with E-state index in [1.165, 1.54) is 0 Å². The van der Waals surface area contributed by atoms with Crippen molar-refractivity contribution in [2.24, 2.45) is 0 Å². The molecule has 2 rings (SSSR count). The third-order valence-corrected chi connectivity index (χ3v) is 2.22. The van der Waals surface area contributed by atoms with Crippen LogP contribution in [-0.4, -0.2) is 15.6 Å². The summed E-state index contributed by atoms with van der Waals surface area (Å²) in [7, 11) is 0. The minimum atomic E-state index is -0.243. The third kappa shape index (κ3) is 2.44. The molecular formula is C10H8BrN3O. The van der Waals surface area contributed by atoms with Crippen molar-refractivity contribution in [3.8, 4) is 0 Å². The first-order valence-corrected chi connectivity index (χ1v) is 5.12. The normalized spacial score (nSPS) is 9.93. The first-order chi connectivity index (χ1) is 7.25. The van der Waals surface area contributed by atoms with Gasteiger partial charge in [-0.3, -0.25) is 14.9 Å². The number of halogens is 1. The van der Waals surface area contributed by atoms with E-state index < -0.39 is 0 Å². The van der Waals surface area contributed by atoms with Gasteiger partial charge in [-0.2, -0.15) is 0 Å². The third-order valence-electron chi connectivity index (χ3n) is 1.78. The molecular weight excluding hydrogens is 258 g/mol. The topological polar surface area (TPSA) is 46.9 Å². The molecule has 76 valence electrons. The average molecular weight is 266 g/mol. The minimum Gasteiger partial charge on any atom is -0.268 e. The lowest BCUT2D eigenvalue weighted by Crippen LogP contribution is -2.22. The first kappa shape index (κ1) is 9.92. The summed E-state index contributed by atoms with van der Waals surface area (Å²) in [4.78, 5) is 15.7. The zero-order valence-corrected chi connectivity index (χ0v) is 9.31. The van der Waals surface area contributed by atoms with Crippen molar-refractivity contribution in [2.75, 3.05) is 5.43 Å². The maximum Gasteiger partial charge on any atom is 0.288 e. The van der Waals surface area contributed by atoms with E-state index in [-0.39, 0.29) is 5.91 Å². The van der Waals surface area contributed by atoms with Crippen molar-refractivity contribution in [3.05, 3.63) is 53.0 Å². The fraction of sp³-hybridized carbons (Fsp3) is 0. The van der Waals surface area contributed by atoms with E-state index in [1.54, 1.807) is 35.3 Å². The molecule has 0 fully saturated rings. The van der Waals surface area contributed by atoms with Crippen molar-refractivity contribution in [2.45, 2.75) is 0 Å². The van der Waals surface area contributed by atoms with Gasteiger partial charge in [0.05, 0.1) is 0 Å². The van der Waals surface area contributed by atoms with Gasteiger partial charge in [-0.1, -0.05) is 6.07 Å². The second kappa shape index (κ2) is 4.27. The number of hydrogen-bond acceptors (Lipinski definition) is 2. The quantitative estimate of drug-likeness (QED) is 0.845. The molecule has 0 aliphatic heterocycles. The molecule has 15 heavy (non-hydrogen) atoms. The van der Waals surface area contributed by atoms with Gasteiger partial charge in [0.1, 0.15) is 10.3 Å². The number of hydrogen-bond donors (Lipinski definition) is 1. The molecule has 5 heteroatoms. The molecule has 0 spiro atoms. The molecule has 0 saturated carbocycles. The van der Waals surface area contributed by atoms with Gasteiger partial charge in [0.25, 0.3) is 5.91 Å². The van der Waals surface area contributed by atoms with Crippen LogP contribution >= 0.6 is 15.9 Å². The Labute approximate surface area is 95.0 Å². The average Bonchev–Trinajstić information content (AvgIpc) is 2.70. The maximum atomic E-state index is 11.6. The van der Waals surface area contributed by atoms with Crippen molar-refractivity contribution >= 4 is 21.8 Å². The van der Waals surface area contributed by atoms with Crippen LogP contribution in [-0.2, 0) is 0 Å². The zero-order valence-electron chi connectivity index (χ0n) is 7.72. The lowest BCUT2D eigenvalue weighted by atomic mass is 10.3. The number of rotatable bonds is 2. The summed E-state index contributed by atoms with van der Waals surface area (Å²) in [5.41, 5.74) is 3.03. The highest BCUT2D eigenvalue weighted by molar-refractivity contribution is 9.10. The number of pyridine rings is 1. The highest BCUT2D eigenvalue weighted by atomic mass is 79.9. The van der Waals surface area contributed by atoms with Crippen molar-refractivity contribution in [1.29, 1.82) is 0 Å². The molecule has 0 aliphatic rings. The van der Waals surface area contributed by atoms with Crippen LogP contribution < -0.4 is 5.43 Å². The number of carbonyl (C=O) groups excluding carboxylic acids is 1. The summed E-state index contributed by atoms with van der Waals surface area (Å²) in [5.74, 6) is -0.243. The van der Waals surface area contributed by atoms with Crippen LogP contribution in [0.25, 0.3) is 0 Å². The van der Waals surface area contributed by atoms with Crippen molar-refractivity contribution < 1.29 is 4.79 Å².